The lowest BCUT2D eigenvalue weighted by molar-refractivity contribution is 0.139. The molecule has 7 nitrogen and oxygen atoms in total. The van der Waals surface area contributed by atoms with Gasteiger partial charge in [0.1, 0.15) is 5.54 Å². The second kappa shape index (κ2) is 6.59. The standard InChI is InChI=1S/C17H23N5O2/c1-12-8-7-9-13(2)14(12)22-15(19-20-21-22)17(18-16(23)24-3)10-5-4-6-11-17/h7-9H,4-6,10-11H2,1-3H3,(H,18,23). The molecule has 128 valence electrons. The third-order valence-corrected chi connectivity index (χ3v) is 4.78. The van der Waals surface area contributed by atoms with Crippen molar-refractivity contribution in [3.05, 3.63) is 35.2 Å². The first kappa shape index (κ1) is 16.4. The van der Waals surface area contributed by atoms with E-state index in [4.69, 9.17) is 4.74 Å². The molecule has 0 bridgehead atoms. The summed E-state index contributed by atoms with van der Waals surface area (Å²) in [4.78, 5) is 12.0. The van der Waals surface area contributed by atoms with Gasteiger partial charge in [0, 0.05) is 0 Å². The van der Waals surface area contributed by atoms with E-state index in [0.717, 1.165) is 48.9 Å². The number of hydrogen-bond acceptors (Lipinski definition) is 5. The number of hydrogen-bond donors (Lipinski definition) is 1. The smallest absolute Gasteiger partial charge is 0.407 e. The number of aromatic nitrogens is 4. The Balaban J connectivity index is 2.11. The summed E-state index contributed by atoms with van der Waals surface area (Å²) >= 11 is 0. The molecule has 0 spiro atoms. The molecule has 0 radical (unpaired) electrons. The number of amides is 1. The van der Waals surface area contributed by atoms with E-state index in [2.05, 4.69) is 20.8 Å². The minimum Gasteiger partial charge on any atom is -0.453 e. The third-order valence-electron chi connectivity index (χ3n) is 4.78. The quantitative estimate of drug-likeness (QED) is 0.936. The van der Waals surface area contributed by atoms with Gasteiger partial charge in [0.2, 0.25) is 0 Å². The largest absolute Gasteiger partial charge is 0.453 e. The number of carbonyl (C=O) groups excluding carboxylic acids is 1. The second-order valence-electron chi connectivity index (χ2n) is 6.41. The molecular weight excluding hydrogens is 306 g/mol. The molecule has 1 amide bonds. The summed E-state index contributed by atoms with van der Waals surface area (Å²) in [6, 6.07) is 6.09. The van der Waals surface area contributed by atoms with Crippen molar-refractivity contribution in [3.8, 4) is 5.69 Å². The van der Waals surface area contributed by atoms with E-state index >= 15 is 0 Å². The summed E-state index contributed by atoms with van der Waals surface area (Å²) in [5, 5.41) is 15.4. The monoisotopic (exact) mass is 329 g/mol. The molecule has 0 saturated heterocycles. The van der Waals surface area contributed by atoms with Gasteiger partial charge in [0.05, 0.1) is 12.8 Å². The fourth-order valence-electron chi connectivity index (χ4n) is 3.58. The molecule has 1 aliphatic carbocycles. The van der Waals surface area contributed by atoms with Crippen LogP contribution in [0, 0.1) is 13.8 Å². The first-order valence-corrected chi connectivity index (χ1v) is 8.29. The number of alkyl carbamates (subject to hydrolysis) is 1. The zero-order valence-corrected chi connectivity index (χ0v) is 14.4. The van der Waals surface area contributed by atoms with Crippen molar-refractivity contribution >= 4 is 6.09 Å². The second-order valence-corrected chi connectivity index (χ2v) is 6.41. The van der Waals surface area contributed by atoms with E-state index < -0.39 is 11.6 Å². The molecule has 0 atom stereocenters. The van der Waals surface area contributed by atoms with Crippen LogP contribution in [-0.4, -0.2) is 33.4 Å². The molecule has 1 saturated carbocycles. The minimum atomic E-state index is -0.594. The van der Waals surface area contributed by atoms with Gasteiger partial charge in [0.25, 0.3) is 0 Å². The Bertz CT molecular complexity index is 714. The normalized spacial score (nSPS) is 16.6. The van der Waals surface area contributed by atoms with E-state index in [9.17, 15) is 4.79 Å². The molecular formula is C17H23N5O2. The Hall–Kier alpha value is -2.44. The van der Waals surface area contributed by atoms with Crippen molar-refractivity contribution in [2.24, 2.45) is 0 Å². The van der Waals surface area contributed by atoms with Gasteiger partial charge in [-0.05, 0) is 48.2 Å². The van der Waals surface area contributed by atoms with Gasteiger partial charge >= 0.3 is 6.09 Å². The topological polar surface area (TPSA) is 81.9 Å². The zero-order valence-electron chi connectivity index (χ0n) is 14.4. The Morgan fingerprint density at radius 2 is 1.88 bits per heavy atom. The van der Waals surface area contributed by atoms with Crippen LogP contribution in [0.3, 0.4) is 0 Å². The van der Waals surface area contributed by atoms with Crippen molar-refractivity contribution < 1.29 is 9.53 Å². The number of tetrazole rings is 1. The predicted octanol–water partition coefficient (Wildman–Crippen LogP) is 2.79. The van der Waals surface area contributed by atoms with Crippen molar-refractivity contribution in [1.29, 1.82) is 0 Å². The lowest BCUT2D eigenvalue weighted by Gasteiger charge is -2.36. The van der Waals surface area contributed by atoms with E-state index in [-0.39, 0.29) is 0 Å². The highest BCUT2D eigenvalue weighted by Gasteiger charge is 2.41. The van der Waals surface area contributed by atoms with Crippen LogP contribution < -0.4 is 5.32 Å². The van der Waals surface area contributed by atoms with Crippen LogP contribution in [0.2, 0.25) is 0 Å². The van der Waals surface area contributed by atoms with Crippen LogP contribution in [0.25, 0.3) is 5.69 Å². The van der Waals surface area contributed by atoms with Crippen molar-refractivity contribution in [3.63, 3.8) is 0 Å². The summed E-state index contributed by atoms with van der Waals surface area (Å²) in [6.07, 6.45) is 4.33. The third kappa shape index (κ3) is 2.86. The Labute approximate surface area is 141 Å². The molecule has 1 fully saturated rings. The first-order chi connectivity index (χ1) is 11.6. The number of carbonyl (C=O) groups is 1. The number of nitrogens with one attached hydrogen (secondary N) is 1. The number of ether oxygens (including phenoxy) is 1. The van der Waals surface area contributed by atoms with Gasteiger partial charge in [0.15, 0.2) is 5.82 Å². The minimum absolute atomic E-state index is 0.451. The molecule has 1 N–H and O–H groups in total. The van der Waals surface area contributed by atoms with Crippen LogP contribution in [-0.2, 0) is 10.3 Å². The van der Waals surface area contributed by atoms with E-state index in [1.54, 1.807) is 4.68 Å². The lowest BCUT2D eigenvalue weighted by Crippen LogP contribution is -2.49. The fraction of sp³-hybridized carbons (Fsp3) is 0.529. The summed E-state index contributed by atoms with van der Waals surface area (Å²) < 4.78 is 6.61. The number of aryl methyl sites for hydroxylation is 2. The van der Waals surface area contributed by atoms with Gasteiger partial charge in [-0.2, -0.15) is 4.68 Å². The molecule has 2 aromatic rings. The number of benzene rings is 1. The highest BCUT2D eigenvalue weighted by molar-refractivity contribution is 5.68. The Kier molecular flexibility index (Phi) is 4.51. The van der Waals surface area contributed by atoms with Crippen molar-refractivity contribution in [1.82, 2.24) is 25.5 Å². The highest BCUT2D eigenvalue weighted by atomic mass is 16.5. The van der Waals surface area contributed by atoms with E-state index in [1.165, 1.54) is 7.11 Å². The molecule has 1 aromatic carbocycles. The van der Waals surface area contributed by atoms with Crippen LogP contribution in [0.15, 0.2) is 18.2 Å². The van der Waals surface area contributed by atoms with Gasteiger partial charge < -0.3 is 10.1 Å². The Morgan fingerprint density at radius 1 is 1.21 bits per heavy atom. The summed E-state index contributed by atoms with van der Waals surface area (Å²) in [7, 11) is 1.38. The molecule has 1 aliphatic rings. The summed E-state index contributed by atoms with van der Waals surface area (Å²) in [5.74, 6) is 0.671. The fourth-order valence-corrected chi connectivity index (χ4v) is 3.58. The van der Waals surface area contributed by atoms with Gasteiger partial charge in [-0.3, -0.25) is 0 Å². The lowest BCUT2D eigenvalue weighted by atomic mass is 9.81. The molecule has 24 heavy (non-hydrogen) atoms. The number of rotatable bonds is 3. The van der Waals surface area contributed by atoms with Crippen LogP contribution >= 0.6 is 0 Å². The maximum absolute atomic E-state index is 12.0. The van der Waals surface area contributed by atoms with Gasteiger partial charge in [-0.15, -0.1) is 5.10 Å². The average Bonchev–Trinajstić information content (AvgIpc) is 3.05. The average molecular weight is 329 g/mol. The summed E-state index contributed by atoms with van der Waals surface area (Å²) in [6.45, 7) is 4.07. The molecule has 0 aliphatic heterocycles. The first-order valence-electron chi connectivity index (χ1n) is 8.29. The molecule has 7 heteroatoms. The maximum Gasteiger partial charge on any atom is 0.407 e. The molecule has 3 rings (SSSR count). The van der Waals surface area contributed by atoms with Gasteiger partial charge in [-0.1, -0.05) is 37.5 Å². The highest BCUT2D eigenvalue weighted by Crippen LogP contribution is 2.37. The number of methoxy groups -OCH3 is 1. The number of nitrogens with zero attached hydrogens (tertiary/aromatic N) is 4. The van der Waals surface area contributed by atoms with Crippen molar-refractivity contribution in [2.75, 3.05) is 7.11 Å². The van der Waals surface area contributed by atoms with Crippen LogP contribution in [0.4, 0.5) is 4.79 Å². The maximum atomic E-state index is 12.0. The summed E-state index contributed by atoms with van der Waals surface area (Å²) in [5.41, 5.74) is 2.55. The van der Waals surface area contributed by atoms with Gasteiger partial charge in [-0.25, -0.2) is 4.79 Å². The van der Waals surface area contributed by atoms with E-state index in [0.29, 0.717) is 5.82 Å². The van der Waals surface area contributed by atoms with Crippen LogP contribution in [0.5, 0.6) is 0 Å². The molecule has 1 heterocycles. The molecule has 1 aromatic heterocycles. The van der Waals surface area contributed by atoms with Crippen molar-refractivity contribution in [2.45, 2.75) is 51.5 Å². The van der Waals surface area contributed by atoms with E-state index in [1.807, 2.05) is 32.0 Å². The predicted molar refractivity (Wildman–Crippen MR) is 88.9 cm³/mol. The Morgan fingerprint density at radius 3 is 2.50 bits per heavy atom. The molecule has 0 unspecified atom stereocenters. The zero-order chi connectivity index (χ0) is 17.2. The van der Waals surface area contributed by atoms with Crippen LogP contribution in [0.1, 0.15) is 49.1 Å². The number of para-hydroxylation sites is 1. The SMILES string of the molecule is COC(=O)NC1(c2nnnn2-c2c(C)cccc2C)CCCCC1.